The summed E-state index contributed by atoms with van der Waals surface area (Å²) >= 11 is 0. The van der Waals surface area contributed by atoms with Gasteiger partial charge < -0.3 is 20.4 Å². The summed E-state index contributed by atoms with van der Waals surface area (Å²) < 4.78 is 0. The molecule has 12 heavy (non-hydrogen) atoms. The molecule has 3 atom stereocenters. The summed E-state index contributed by atoms with van der Waals surface area (Å²) in [7, 11) is 0. The van der Waals surface area contributed by atoms with Gasteiger partial charge in [-0.25, -0.2) is 0 Å². The molecule has 0 aromatic carbocycles. The SMILES string of the molecule is O=C(O)CC1=C[C@H](O)[C@@H](O)[C@H]1O. The Morgan fingerprint density at radius 2 is 2.00 bits per heavy atom. The van der Waals surface area contributed by atoms with Crippen LogP contribution in [-0.2, 0) is 4.79 Å². The third-order valence-corrected chi connectivity index (χ3v) is 1.79. The highest BCUT2D eigenvalue weighted by Gasteiger charge is 2.33. The van der Waals surface area contributed by atoms with Gasteiger partial charge >= 0.3 is 5.97 Å². The van der Waals surface area contributed by atoms with Crippen LogP contribution in [0.2, 0.25) is 0 Å². The fraction of sp³-hybridized carbons (Fsp3) is 0.571. The molecular weight excluding hydrogens is 164 g/mol. The summed E-state index contributed by atoms with van der Waals surface area (Å²) in [5, 5.41) is 35.5. The van der Waals surface area contributed by atoms with Crippen LogP contribution >= 0.6 is 0 Å². The standard InChI is InChI=1S/C7H10O5/c8-4-1-3(2-5(9)10)6(11)7(4)12/h1,4,6-8,11-12H,2H2,(H,9,10)/t4-,6-,7+/m0/s1. The van der Waals surface area contributed by atoms with Gasteiger partial charge in [-0.05, 0) is 5.57 Å². The summed E-state index contributed by atoms with van der Waals surface area (Å²) in [4.78, 5) is 10.2. The number of aliphatic hydroxyl groups is 3. The number of aliphatic hydroxyl groups excluding tert-OH is 3. The second-order valence-electron chi connectivity index (χ2n) is 2.74. The summed E-state index contributed by atoms with van der Waals surface area (Å²) in [6.07, 6.45) is -2.89. The van der Waals surface area contributed by atoms with Crippen molar-refractivity contribution in [3.8, 4) is 0 Å². The fourth-order valence-corrected chi connectivity index (χ4v) is 1.16. The first kappa shape index (κ1) is 9.18. The van der Waals surface area contributed by atoms with Crippen molar-refractivity contribution in [2.75, 3.05) is 0 Å². The Hall–Kier alpha value is -0.910. The van der Waals surface area contributed by atoms with Gasteiger partial charge in [0.25, 0.3) is 0 Å². The minimum Gasteiger partial charge on any atom is -0.481 e. The van der Waals surface area contributed by atoms with E-state index in [1.54, 1.807) is 0 Å². The monoisotopic (exact) mass is 174 g/mol. The van der Waals surface area contributed by atoms with Gasteiger partial charge in [0.2, 0.25) is 0 Å². The molecule has 0 spiro atoms. The van der Waals surface area contributed by atoms with Crippen LogP contribution in [0.5, 0.6) is 0 Å². The van der Waals surface area contributed by atoms with E-state index in [0.29, 0.717) is 0 Å². The zero-order valence-electron chi connectivity index (χ0n) is 6.21. The predicted octanol–water partition coefficient (Wildman–Crippen LogP) is -1.52. The maximum Gasteiger partial charge on any atom is 0.307 e. The maximum absolute atomic E-state index is 10.2. The largest absolute Gasteiger partial charge is 0.481 e. The Morgan fingerprint density at radius 3 is 2.33 bits per heavy atom. The number of hydrogen-bond acceptors (Lipinski definition) is 4. The van der Waals surface area contributed by atoms with Gasteiger partial charge in [0.05, 0.1) is 6.42 Å². The van der Waals surface area contributed by atoms with E-state index < -0.39 is 24.3 Å². The highest BCUT2D eigenvalue weighted by atomic mass is 16.4. The number of carbonyl (C=O) groups is 1. The number of carboxylic acid groups (broad SMARTS) is 1. The van der Waals surface area contributed by atoms with Gasteiger partial charge in [-0.15, -0.1) is 0 Å². The van der Waals surface area contributed by atoms with Crippen LogP contribution in [0.25, 0.3) is 0 Å². The molecule has 0 bridgehead atoms. The molecule has 4 N–H and O–H groups in total. The lowest BCUT2D eigenvalue weighted by Crippen LogP contribution is -2.31. The Morgan fingerprint density at radius 1 is 1.42 bits per heavy atom. The van der Waals surface area contributed by atoms with Crippen LogP contribution in [-0.4, -0.2) is 44.7 Å². The van der Waals surface area contributed by atoms with E-state index in [9.17, 15) is 4.79 Å². The van der Waals surface area contributed by atoms with E-state index in [-0.39, 0.29) is 12.0 Å². The first-order chi connectivity index (χ1) is 5.52. The Kier molecular flexibility index (Phi) is 2.46. The molecule has 0 saturated carbocycles. The van der Waals surface area contributed by atoms with Crippen LogP contribution in [0.15, 0.2) is 11.6 Å². The molecule has 0 aromatic rings. The molecule has 0 aliphatic heterocycles. The van der Waals surface area contributed by atoms with Crippen molar-refractivity contribution in [2.24, 2.45) is 0 Å². The van der Waals surface area contributed by atoms with Crippen molar-refractivity contribution < 1.29 is 25.2 Å². The third-order valence-electron chi connectivity index (χ3n) is 1.79. The Bertz CT molecular complexity index is 222. The van der Waals surface area contributed by atoms with Crippen molar-refractivity contribution in [2.45, 2.75) is 24.7 Å². The van der Waals surface area contributed by atoms with Crippen molar-refractivity contribution in [3.63, 3.8) is 0 Å². The molecule has 0 unspecified atom stereocenters. The lowest BCUT2D eigenvalue weighted by Gasteiger charge is -2.12. The van der Waals surface area contributed by atoms with E-state index in [1.165, 1.54) is 6.08 Å². The van der Waals surface area contributed by atoms with Crippen molar-refractivity contribution in [1.82, 2.24) is 0 Å². The second kappa shape index (κ2) is 3.22. The van der Waals surface area contributed by atoms with Gasteiger partial charge in [-0.3, -0.25) is 4.79 Å². The van der Waals surface area contributed by atoms with E-state index >= 15 is 0 Å². The number of rotatable bonds is 2. The zero-order chi connectivity index (χ0) is 9.30. The average Bonchev–Trinajstić information content (AvgIpc) is 2.17. The normalized spacial score (nSPS) is 34.9. The molecule has 0 aromatic heterocycles. The second-order valence-corrected chi connectivity index (χ2v) is 2.74. The number of carboxylic acids is 1. The number of hydrogen-bond donors (Lipinski definition) is 4. The molecule has 0 heterocycles. The van der Waals surface area contributed by atoms with Crippen molar-refractivity contribution in [1.29, 1.82) is 0 Å². The molecule has 0 amide bonds. The van der Waals surface area contributed by atoms with Crippen molar-refractivity contribution >= 4 is 5.97 Å². The lowest BCUT2D eigenvalue weighted by molar-refractivity contribution is -0.136. The minimum atomic E-state index is -1.29. The molecule has 1 aliphatic carbocycles. The molecule has 5 nitrogen and oxygen atoms in total. The van der Waals surface area contributed by atoms with E-state index in [0.717, 1.165) is 0 Å². The maximum atomic E-state index is 10.2. The first-order valence-electron chi connectivity index (χ1n) is 3.49. The first-order valence-corrected chi connectivity index (χ1v) is 3.49. The molecule has 0 radical (unpaired) electrons. The zero-order valence-corrected chi connectivity index (χ0v) is 6.21. The molecule has 1 aliphatic rings. The van der Waals surface area contributed by atoms with Gasteiger partial charge in [-0.1, -0.05) is 6.08 Å². The van der Waals surface area contributed by atoms with Crippen LogP contribution < -0.4 is 0 Å². The van der Waals surface area contributed by atoms with Gasteiger partial charge in [0, 0.05) is 0 Å². The summed E-state index contributed by atoms with van der Waals surface area (Å²) in [5.74, 6) is -1.10. The summed E-state index contributed by atoms with van der Waals surface area (Å²) in [6.45, 7) is 0. The summed E-state index contributed by atoms with van der Waals surface area (Å²) in [5.41, 5.74) is 0.155. The summed E-state index contributed by atoms with van der Waals surface area (Å²) in [6, 6.07) is 0. The molecular formula is C7H10O5. The molecule has 0 saturated heterocycles. The van der Waals surface area contributed by atoms with Gasteiger partial charge in [0.15, 0.2) is 0 Å². The van der Waals surface area contributed by atoms with Crippen LogP contribution in [0.1, 0.15) is 6.42 Å². The third kappa shape index (κ3) is 1.63. The van der Waals surface area contributed by atoms with E-state index in [4.69, 9.17) is 20.4 Å². The smallest absolute Gasteiger partial charge is 0.307 e. The minimum absolute atomic E-state index is 0.155. The predicted molar refractivity (Wildman–Crippen MR) is 38.4 cm³/mol. The lowest BCUT2D eigenvalue weighted by atomic mass is 10.1. The molecule has 0 fully saturated rings. The highest BCUT2D eigenvalue weighted by Crippen LogP contribution is 2.22. The highest BCUT2D eigenvalue weighted by molar-refractivity contribution is 5.70. The van der Waals surface area contributed by atoms with Gasteiger partial charge in [-0.2, -0.15) is 0 Å². The van der Waals surface area contributed by atoms with Crippen molar-refractivity contribution in [3.05, 3.63) is 11.6 Å². The van der Waals surface area contributed by atoms with E-state index in [2.05, 4.69) is 0 Å². The Balaban J connectivity index is 2.66. The number of aliphatic carboxylic acids is 1. The molecule has 1 rings (SSSR count). The van der Waals surface area contributed by atoms with E-state index in [1.807, 2.05) is 0 Å². The van der Waals surface area contributed by atoms with Crippen LogP contribution in [0, 0.1) is 0 Å². The molecule has 5 heteroatoms. The van der Waals surface area contributed by atoms with Crippen LogP contribution in [0.3, 0.4) is 0 Å². The van der Waals surface area contributed by atoms with Gasteiger partial charge in [0.1, 0.15) is 18.3 Å². The fourth-order valence-electron chi connectivity index (χ4n) is 1.16. The average molecular weight is 174 g/mol. The molecule has 68 valence electrons. The topological polar surface area (TPSA) is 98.0 Å². The van der Waals surface area contributed by atoms with Crippen LogP contribution in [0.4, 0.5) is 0 Å². The Labute approximate surface area is 68.6 Å². The quantitative estimate of drug-likeness (QED) is 0.381.